The minimum Gasteiger partial charge on any atom is -0.507 e. The fourth-order valence-corrected chi connectivity index (χ4v) is 3.80. The molecule has 1 aliphatic rings. The summed E-state index contributed by atoms with van der Waals surface area (Å²) in [4.78, 5) is 27.5. The molecule has 1 amide bonds. The third-order valence-electron chi connectivity index (χ3n) is 5.37. The smallest absolute Gasteiger partial charge is 0.301 e. The number of hydrogen-bond acceptors (Lipinski definition) is 8. The van der Waals surface area contributed by atoms with E-state index in [9.17, 15) is 14.7 Å². The van der Waals surface area contributed by atoms with Crippen LogP contribution in [-0.4, -0.2) is 43.3 Å². The quantitative estimate of drug-likeness (QED) is 0.344. The van der Waals surface area contributed by atoms with Gasteiger partial charge in [-0.1, -0.05) is 23.4 Å². The maximum Gasteiger partial charge on any atom is 0.301 e. The molecule has 170 valence electrons. The lowest BCUT2D eigenvalue weighted by atomic mass is 9.95. The molecular weight excluding hydrogens is 428 g/mol. The number of aryl methyl sites for hydroxylation is 1. The minimum atomic E-state index is -0.986. The van der Waals surface area contributed by atoms with Crippen LogP contribution in [0, 0.1) is 6.92 Å². The molecule has 9 nitrogen and oxygen atoms in total. The molecule has 0 spiro atoms. The fourth-order valence-electron chi connectivity index (χ4n) is 3.80. The molecule has 33 heavy (non-hydrogen) atoms. The van der Waals surface area contributed by atoms with Crippen LogP contribution in [0.5, 0.6) is 17.2 Å². The highest BCUT2D eigenvalue weighted by atomic mass is 16.5. The summed E-state index contributed by atoms with van der Waals surface area (Å²) in [6.07, 6.45) is 0. The van der Waals surface area contributed by atoms with E-state index in [4.69, 9.17) is 18.7 Å². The van der Waals surface area contributed by atoms with Crippen molar-refractivity contribution in [2.75, 3.05) is 26.2 Å². The maximum atomic E-state index is 13.2. The van der Waals surface area contributed by atoms with Crippen LogP contribution >= 0.6 is 0 Å². The van der Waals surface area contributed by atoms with Crippen molar-refractivity contribution in [1.82, 2.24) is 5.16 Å². The number of nitrogens with zero attached hydrogens (tertiary/aromatic N) is 2. The number of carbonyl (C=O) groups excluding carboxylic acids is 2. The first-order chi connectivity index (χ1) is 15.9. The largest absolute Gasteiger partial charge is 0.507 e. The third kappa shape index (κ3) is 3.78. The Morgan fingerprint density at radius 1 is 1.00 bits per heavy atom. The molecule has 0 radical (unpaired) electrons. The maximum absolute atomic E-state index is 13.2. The van der Waals surface area contributed by atoms with Gasteiger partial charge in [0.15, 0.2) is 17.3 Å². The van der Waals surface area contributed by atoms with Crippen LogP contribution in [0.15, 0.2) is 58.6 Å². The average Bonchev–Trinajstić information content (AvgIpc) is 3.38. The van der Waals surface area contributed by atoms with Gasteiger partial charge in [0.1, 0.15) is 17.3 Å². The first kappa shape index (κ1) is 21.9. The van der Waals surface area contributed by atoms with E-state index in [-0.39, 0.29) is 17.2 Å². The number of rotatable bonds is 6. The van der Waals surface area contributed by atoms with Crippen LogP contribution in [0.1, 0.15) is 22.9 Å². The number of aliphatic hydroxyl groups excluding tert-OH is 1. The molecule has 1 saturated heterocycles. The lowest BCUT2D eigenvalue weighted by Gasteiger charge is -2.23. The molecule has 0 unspecified atom stereocenters. The summed E-state index contributed by atoms with van der Waals surface area (Å²) in [6.45, 7) is 1.68. The van der Waals surface area contributed by atoms with Crippen LogP contribution in [0.25, 0.3) is 5.76 Å². The second-order valence-electron chi connectivity index (χ2n) is 7.31. The van der Waals surface area contributed by atoms with Gasteiger partial charge in [-0.15, -0.1) is 0 Å². The van der Waals surface area contributed by atoms with E-state index in [1.165, 1.54) is 26.2 Å². The predicted octanol–water partition coefficient (Wildman–Crippen LogP) is 3.64. The van der Waals surface area contributed by atoms with Crippen LogP contribution in [-0.2, 0) is 9.59 Å². The van der Waals surface area contributed by atoms with Gasteiger partial charge < -0.3 is 23.8 Å². The van der Waals surface area contributed by atoms with Gasteiger partial charge in [0.05, 0.1) is 32.9 Å². The lowest BCUT2D eigenvalue weighted by molar-refractivity contribution is -0.132. The highest BCUT2D eigenvalue weighted by Gasteiger charge is 2.48. The summed E-state index contributed by atoms with van der Waals surface area (Å²) in [5, 5.41) is 15.1. The standard InChI is InChI=1S/C24H22N2O7/c1-13-10-19(25-33-13)26-21(14-8-9-17(31-3)18(12-14)32-4)20(23(28)24(26)29)22(27)15-6-5-7-16(11-15)30-2/h5-12,21,27H,1-4H3/t21-/m0/s1. The molecule has 0 saturated carbocycles. The molecule has 1 aliphatic heterocycles. The Morgan fingerprint density at radius 2 is 1.76 bits per heavy atom. The molecule has 0 aliphatic carbocycles. The van der Waals surface area contributed by atoms with Crippen LogP contribution in [0.2, 0.25) is 0 Å². The number of ether oxygens (including phenoxy) is 3. The van der Waals surface area contributed by atoms with E-state index in [0.717, 1.165) is 0 Å². The Bertz CT molecular complexity index is 1260. The van der Waals surface area contributed by atoms with Gasteiger partial charge in [0.25, 0.3) is 5.78 Å². The van der Waals surface area contributed by atoms with E-state index in [2.05, 4.69) is 5.16 Å². The molecular formula is C24H22N2O7. The van der Waals surface area contributed by atoms with Crippen molar-refractivity contribution in [3.63, 3.8) is 0 Å². The molecule has 9 heteroatoms. The van der Waals surface area contributed by atoms with Crippen molar-refractivity contribution in [3.8, 4) is 17.2 Å². The van der Waals surface area contributed by atoms with Gasteiger partial charge in [0, 0.05) is 11.6 Å². The van der Waals surface area contributed by atoms with Crippen LogP contribution in [0.4, 0.5) is 5.82 Å². The van der Waals surface area contributed by atoms with E-state index < -0.39 is 17.7 Å². The number of aromatic nitrogens is 1. The van der Waals surface area contributed by atoms with Crippen molar-refractivity contribution in [2.45, 2.75) is 13.0 Å². The summed E-state index contributed by atoms with van der Waals surface area (Å²) in [5.74, 6) is -0.0486. The average molecular weight is 450 g/mol. The molecule has 1 fully saturated rings. The molecule has 2 aromatic carbocycles. The van der Waals surface area contributed by atoms with Crippen molar-refractivity contribution in [1.29, 1.82) is 0 Å². The second-order valence-corrected chi connectivity index (χ2v) is 7.31. The highest BCUT2D eigenvalue weighted by molar-refractivity contribution is 6.51. The van der Waals surface area contributed by atoms with Crippen LogP contribution < -0.4 is 19.1 Å². The molecule has 4 rings (SSSR count). The SMILES string of the molecule is COc1cccc(C(O)=C2C(=O)C(=O)N(c3cc(C)on3)[C@H]2c2ccc(OC)c(OC)c2)c1. The Kier molecular flexibility index (Phi) is 5.78. The van der Waals surface area contributed by atoms with Crippen molar-refractivity contribution in [2.24, 2.45) is 0 Å². The van der Waals surface area contributed by atoms with Gasteiger partial charge >= 0.3 is 5.91 Å². The van der Waals surface area contributed by atoms with Crippen molar-refractivity contribution < 1.29 is 33.4 Å². The molecule has 0 bridgehead atoms. The van der Waals surface area contributed by atoms with Gasteiger partial charge in [-0.2, -0.15) is 0 Å². The topological polar surface area (TPSA) is 111 Å². The lowest BCUT2D eigenvalue weighted by Crippen LogP contribution is -2.29. The summed E-state index contributed by atoms with van der Waals surface area (Å²) >= 11 is 0. The van der Waals surface area contributed by atoms with E-state index in [0.29, 0.717) is 34.1 Å². The van der Waals surface area contributed by atoms with E-state index >= 15 is 0 Å². The molecule has 1 aromatic heterocycles. The van der Waals surface area contributed by atoms with E-state index in [1.54, 1.807) is 55.5 Å². The number of Topliss-reactive ketones (excluding diaryl/α,β-unsaturated/α-hetero) is 1. The Hall–Kier alpha value is -4.27. The van der Waals surface area contributed by atoms with Crippen molar-refractivity contribution in [3.05, 3.63) is 71.0 Å². The third-order valence-corrected chi connectivity index (χ3v) is 5.37. The first-order valence-electron chi connectivity index (χ1n) is 10.00. The predicted molar refractivity (Wildman–Crippen MR) is 119 cm³/mol. The zero-order valence-electron chi connectivity index (χ0n) is 18.5. The highest BCUT2D eigenvalue weighted by Crippen LogP contribution is 2.44. The number of anilines is 1. The monoisotopic (exact) mass is 450 g/mol. The molecule has 2 heterocycles. The van der Waals surface area contributed by atoms with Gasteiger partial charge in [0.2, 0.25) is 0 Å². The van der Waals surface area contributed by atoms with Crippen LogP contribution in [0.3, 0.4) is 0 Å². The zero-order valence-corrected chi connectivity index (χ0v) is 18.5. The number of aliphatic hydroxyl groups is 1. The summed E-state index contributed by atoms with van der Waals surface area (Å²) < 4.78 is 21.1. The number of ketones is 1. The number of benzene rings is 2. The summed E-state index contributed by atoms with van der Waals surface area (Å²) in [6, 6.07) is 12.1. The van der Waals surface area contributed by atoms with Crippen molar-refractivity contribution >= 4 is 23.3 Å². The fraction of sp³-hybridized carbons (Fsp3) is 0.208. The van der Waals surface area contributed by atoms with Gasteiger partial charge in [-0.3, -0.25) is 14.5 Å². The van der Waals surface area contributed by atoms with Gasteiger partial charge in [-0.05, 0) is 36.8 Å². The number of amides is 1. The number of carbonyl (C=O) groups is 2. The number of hydrogen-bond donors (Lipinski definition) is 1. The second kappa shape index (κ2) is 8.70. The normalized spacial score (nSPS) is 17.3. The zero-order chi connectivity index (χ0) is 23.7. The van der Waals surface area contributed by atoms with E-state index in [1.807, 2.05) is 0 Å². The first-order valence-corrected chi connectivity index (χ1v) is 10.00. The number of methoxy groups -OCH3 is 3. The summed E-state index contributed by atoms with van der Waals surface area (Å²) in [7, 11) is 4.48. The van der Waals surface area contributed by atoms with Gasteiger partial charge in [-0.25, -0.2) is 0 Å². The molecule has 1 N–H and O–H groups in total. The molecule has 1 atom stereocenters. The summed E-state index contributed by atoms with van der Waals surface area (Å²) in [5.41, 5.74) is 0.743. The Morgan fingerprint density at radius 3 is 2.39 bits per heavy atom. The molecule has 3 aromatic rings. The Balaban J connectivity index is 1.96. The minimum absolute atomic E-state index is 0.0962. The Labute approximate surface area is 189 Å².